The molecular weight excluding hydrogens is 580 g/mol. The molecule has 39 heavy (non-hydrogen) atoms. The molecule has 0 bridgehead atoms. The lowest BCUT2D eigenvalue weighted by molar-refractivity contribution is -0.306. The van der Waals surface area contributed by atoms with Crippen molar-refractivity contribution in [2.45, 2.75) is 43.5 Å². The summed E-state index contributed by atoms with van der Waals surface area (Å²) in [7, 11) is 0.801. The number of nitrogens with zero attached hydrogens (tertiary/aromatic N) is 4. The van der Waals surface area contributed by atoms with Crippen molar-refractivity contribution in [3.63, 3.8) is 0 Å². The molecule has 2 heterocycles. The van der Waals surface area contributed by atoms with Gasteiger partial charge in [-0.2, -0.15) is 40.2 Å². The van der Waals surface area contributed by atoms with E-state index in [4.69, 9.17) is 11.6 Å². The van der Waals surface area contributed by atoms with Gasteiger partial charge in [-0.05, 0) is 30.5 Å². The maximum atomic E-state index is 14.5. The van der Waals surface area contributed by atoms with Crippen LogP contribution in [-0.2, 0) is 13.2 Å². The van der Waals surface area contributed by atoms with E-state index < -0.39 is 58.6 Å². The Balaban J connectivity index is 1.75. The van der Waals surface area contributed by atoms with Crippen molar-refractivity contribution in [1.82, 2.24) is 24.9 Å². The summed E-state index contributed by atoms with van der Waals surface area (Å²) in [5.41, 5.74) is -2.51. The normalized spacial score (nSPS) is 15.4. The van der Waals surface area contributed by atoms with Gasteiger partial charge in [-0.3, -0.25) is 4.79 Å². The minimum Gasteiger partial charge on any atom is -0.410 e. The fraction of sp³-hybridized carbons (Fsp3) is 0.381. The quantitative estimate of drug-likeness (QED) is 0.349. The van der Waals surface area contributed by atoms with Crippen molar-refractivity contribution < 1.29 is 53.4 Å². The predicted molar refractivity (Wildman–Crippen MR) is 113 cm³/mol. The van der Waals surface area contributed by atoms with Gasteiger partial charge in [-0.25, -0.2) is 18.1 Å². The minimum absolute atomic E-state index is 0.0618. The first-order valence-electron chi connectivity index (χ1n) is 10.7. The van der Waals surface area contributed by atoms with E-state index in [0.717, 1.165) is 31.6 Å². The number of alkyl halides is 9. The van der Waals surface area contributed by atoms with Crippen molar-refractivity contribution in [2.75, 3.05) is 0 Å². The molecule has 1 amide bonds. The van der Waals surface area contributed by atoms with Crippen LogP contribution in [0.15, 0.2) is 24.5 Å². The summed E-state index contributed by atoms with van der Waals surface area (Å²) in [6.07, 6.45) is -19.2. The lowest BCUT2D eigenvalue weighted by Crippen LogP contribution is -2.46. The molecular formula is C21H14ClF10N5O2. The zero-order chi connectivity index (χ0) is 29.1. The summed E-state index contributed by atoms with van der Waals surface area (Å²) in [6.45, 7) is 0. The Labute approximate surface area is 216 Å². The van der Waals surface area contributed by atoms with Crippen LogP contribution in [0.3, 0.4) is 0 Å². The molecule has 7 nitrogen and oxygen atoms in total. The topological polar surface area (TPSA) is 74.0 Å². The molecule has 4 rings (SSSR count). The second-order valence-electron chi connectivity index (χ2n) is 8.43. The lowest BCUT2D eigenvalue weighted by Gasteiger charge is -2.22. The molecule has 1 aliphatic carbocycles. The van der Waals surface area contributed by atoms with Crippen LogP contribution < -0.4 is 10.1 Å². The van der Waals surface area contributed by atoms with E-state index in [1.54, 1.807) is 0 Å². The van der Waals surface area contributed by atoms with E-state index in [-0.39, 0.29) is 22.7 Å². The van der Waals surface area contributed by atoms with Gasteiger partial charge in [-0.15, -0.1) is 5.10 Å². The Morgan fingerprint density at radius 2 is 1.77 bits per heavy atom. The van der Waals surface area contributed by atoms with Crippen LogP contribution in [0.25, 0.3) is 16.9 Å². The van der Waals surface area contributed by atoms with E-state index in [2.05, 4.69) is 20.3 Å². The van der Waals surface area contributed by atoms with Gasteiger partial charge in [-0.1, -0.05) is 11.6 Å². The number of carbonyl (C=O) groups is 1. The van der Waals surface area contributed by atoms with Crippen LogP contribution in [0.4, 0.5) is 43.9 Å². The number of benzene rings is 1. The summed E-state index contributed by atoms with van der Waals surface area (Å²) in [5.74, 6) is -4.90. The number of amides is 1. The van der Waals surface area contributed by atoms with Gasteiger partial charge >= 0.3 is 18.5 Å². The Hall–Kier alpha value is -3.50. The number of hydrogen-bond donors (Lipinski definition) is 1. The highest BCUT2D eigenvalue weighted by Gasteiger charge is 2.60. The molecule has 1 N–H and O–H groups in total. The molecule has 3 aromatic rings. The first-order chi connectivity index (χ1) is 17.9. The fourth-order valence-corrected chi connectivity index (χ4v) is 3.64. The number of aromatic nitrogens is 4. The van der Waals surface area contributed by atoms with Gasteiger partial charge in [0.05, 0.1) is 16.8 Å². The van der Waals surface area contributed by atoms with Gasteiger partial charge in [0.1, 0.15) is 5.82 Å². The van der Waals surface area contributed by atoms with Crippen LogP contribution >= 0.6 is 11.6 Å². The smallest absolute Gasteiger partial charge is 0.410 e. The van der Waals surface area contributed by atoms with E-state index in [9.17, 15) is 48.7 Å². The molecule has 0 saturated heterocycles. The number of halogens is 11. The Morgan fingerprint density at radius 1 is 1.13 bits per heavy atom. The standard InChI is InChI=1S/C21H14ClF10N5O2/c1-36-17(13(19(25,26)27)16(35-36)39-21(31,32)18(24)20(28,29)30)37-7-9(6-33-37)8-4-11(14(22)12(23)5-8)15(38)34-10-2-3-10/h4-7,10,18H,2-3H2,1H3,(H,34,38). The number of nitrogens with one attached hydrogen (secondary N) is 1. The molecule has 1 unspecified atom stereocenters. The highest BCUT2D eigenvalue weighted by Crippen LogP contribution is 2.44. The molecule has 0 spiro atoms. The van der Waals surface area contributed by atoms with Crippen LogP contribution in [0.1, 0.15) is 28.8 Å². The molecule has 0 radical (unpaired) electrons. The van der Waals surface area contributed by atoms with Crippen LogP contribution in [-0.4, -0.2) is 50.0 Å². The largest absolute Gasteiger partial charge is 0.440 e. The molecule has 1 aromatic carbocycles. The van der Waals surface area contributed by atoms with Crippen LogP contribution in [0, 0.1) is 5.82 Å². The molecule has 2 aromatic heterocycles. The number of hydrogen-bond acceptors (Lipinski definition) is 4. The van der Waals surface area contributed by atoms with Crippen molar-refractivity contribution >= 4 is 17.5 Å². The summed E-state index contributed by atoms with van der Waals surface area (Å²) < 4.78 is 138. The zero-order valence-electron chi connectivity index (χ0n) is 19.1. The van der Waals surface area contributed by atoms with Crippen molar-refractivity contribution in [1.29, 1.82) is 0 Å². The van der Waals surface area contributed by atoms with E-state index in [1.165, 1.54) is 0 Å². The molecule has 1 atom stereocenters. The molecule has 0 aliphatic heterocycles. The van der Waals surface area contributed by atoms with Crippen LogP contribution in [0.2, 0.25) is 5.02 Å². The molecule has 1 fully saturated rings. The SMILES string of the molecule is Cn1nc(OC(F)(F)C(F)C(F)(F)F)c(C(F)(F)F)c1-n1cc(-c2cc(F)c(Cl)c(C(=O)NC3CC3)c2)cn1. The third kappa shape index (κ3) is 5.77. The zero-order valence-corrected chi connectivity index (χ0v) is 19.9. The highest BCUT2D eigenvalue weighted by atomic mass is 35.5. The first-order valence-corrected chi connectivity index (χ1v) is 11.0. The molecule has 212 valence electrons. The Kier molecular flexibility index (Phi) is 7.02. The van der Waals surface area contributed by atoms with Gasteiger partial charge in [0, 0.05) is 24.8 Å². The summed E-state index contributed by atoms with van der Waals surface area (Å²) in [6, 6.07) is 1.90. The van der Waals surface area contributed by atoms with E-state index in [1.807, 2.05) is 0 Å². The van der Waals surface area contributed by atoms with Crippen LogP contribution in [0.5, 0.6) is 5.88 Å². The fourth-order valence-electron chi connectivity index (χ4n) is 3.44. The number of rotatable bonds is 7. The molecule has 1 saturated carbocycles. The Bertz CT molecular complexity index is 1410. The average Bonchev–Trinajstić information content (AvgIpc) is 3.36. The number of aryl methyl sites for hydroxylation is 1. The molecule has 1 aliphatic rings. The monoisotopic (exact) mass is 593 g/mol. The van der Waals surface area contributed by atoms with Gasteiger partial charge in [0.2, 0.25) is 0 Å². The number of carbonyl (C=O) groups excluding carboxylic acids is 1. The summed E-state index contributed by atoms with van der Waals surface area (Å²) >= 11 is 5.88. The summed E-state index contributed by atoms with van der Waals surface area (Å²) in [4.78, 5) is 12.4. The first kappa shape index (κ1) is 28.5. The van der Waals surface area contributed by atoms with E-state index in [0.29, 0.717) is 22.2 Å². The maximum Gasteiger partial charge on any atom is 0.440 e. The van der Waals surface area contributed by atoms with E-state index >= 15 is 0 Å². The average molecular weight is 594 g/mol. The van der Waals surface area contributed by atoms with Gasteiger partial charge in [0.25, 0.3) is 18.0 Å². The second-order valence-corrected chi connectivity index (χ2v) is 8.81. The minimum atomic E-state index is -6.15. The lowest BCUT2D eigenvalue weighted by atomic mass is 10.1. The second kappa shape index (κ2) is 9.60. The maximum absolute atomic E-state index is 14.5. The van der Waals surface area contributed by atoms with Crippen molar-refractivity contribution in [2.24, 2.45) is 7.05 Å². The van der Waals surface area contributed by atoms with Crippen molar-refractivity contribution in [3.05, 3.63) is 46.5 Å². The summed E-state index contributed by atoms with van der Waals surface area (Å²) in [5, 5.41) is 8.81. The third-order valence-corrected chi connectivity index (χ3v) is 5.79. The highest BCUT2D eigenvalue weighted by molar-refractivity contribution is 6.34. The third-order valence-electron chi connectivity index (χ3n) is 5.40. The van der Waals surface area contributed by atoms with Gasteiger partial charge in [0.15, 0.2) is 11.4 Å². The van der Waals surface area contributed by atoms with Crippen molar-refractivity contribution in [3.8, 4) is 22.8 Å². The Morgan fingerprint density at radius 3 is 2.33 bits per heavy atom. The predicted octanol–water partition coefficient (Wildman–Crippen LogP) is 5.85. The number of ether oxygens (including phenoxy) is 1. The molecule has 18 heteroatoms. The van der Waals surface area contributed by atoms with Gasteiger partial charge < -0.3 is 10.1 Å².